The van der Waals surface area contributed by atoms with Gasteiger partial charge in [0.25, 0.3) is 0 Å². The van der Waals surface area contributed by atoms with Gasteiger partial charge in [0.1, 0.15) is 0 Å². The van der Waals surface area contributed by atoms with Gasteiger partial charge in [0.05, 0.1) is 0 Å². The first kappa shape index (κ1) is 6.97. The minimum absolute atomic E-state index is 0.647. The van der Waals surface area contributed by atoms with E-state index >= 15 is 0 Å². The Hall–Kier alpha value is -1.71. The highest BCUT2D eigenvalue weighted by molar-refractivity contribution is 5.85. The molecule has 1 aromatic carbocycles. The molecule has 0 aromatic heterocycles. The highest BCUT2D eigenvalue weighted by Crippen LogP contribution is 2.20. The zero-order valence-electron chi connectivity index (χ0n) is 6.45. The number of nitrogens with two attached hydrogens (primary N) is 1. The fourth-order valence-corrected chi connectivity index (χ4v) is 1.15. The highest BCUT2D eigenvalue weighted by Gasteiger charge is 2.13. The Kier molecular flexibility index (Phi) is 1.59. The predicted octanol–water partition coefficient (Wildman–Crippen LogP) is 0.398. The lowest BCUT2D eigenvalue weighted by Crippen LogP contribution is -2.34. The van der Waals surface area contributed by atoms with Gasteiger partial charge in [-0.15, -0.1) is 0 Å². The van der Waals surface area contributed by atoms with Crippen LogP contribution >= 0.6 is 0 Å². The molecule has 0 saturated carbocycles. The average Bonchev–Trinajstić information content (AvgIpc) is 2.17. The Morgan fingerprint density at radius 1 is 1.42 bits per heavy atom. The topological polar surface area (TPSA) is 59.6 Å². The van der Waals surface area contributed by atoms with Gasteiger partial charge >= 0.3 is 0 Å². The van der Waals surface area contributed by atoms with Crippen LogP contribution < -0.4 is 16.2 Å². The maximum atomic E-state index is 5.17. The summed E-state index contributed by atoms with van der Waals surface area (Å²) in [6.07, 6.45) is 0.701. The fraction of sp³-hybridized carbons (Fsp3) is 0.125. The predicted molar refractivity (Wildman–Crippen MR) is 45.5 cm³/mol. The van der Waals surface area contributed by atoms with E-state index in [9.17, 15) is 0 Å². The third kappa shape index (κ3) is 1.07. The molecular weight excluding hydrogens is 154 g/mol. The summed E-state index contributed by atoms with van der Waals surface area (Å²) in [4.78, 5) is 5.17. The minimum Gasteiger partial charge on any atom is -0.381 e. The van der Waals surface area contributed by atoms with Crippen LogP contribution in [0.25, 0.3) is 0 Å². The summed E-state index contributed by atoms with van der Waals surface area (Å²) in [6.45, 7) is 0. The van der Waals surface area contributed by atoms with Gasteiger partial charge in [0.2, 0.25) is 0 Å². The fourth-order valence-electron chi connectivity index (χ4n) is 1.15. The second-order valence-corrected chi connectivity index (χ2v) is 2.56. The van der Waals surface area contributed by atoms with Crippen molar-refractivity contribution in [3.8, 4) is 5.75 Å². The second-order valence-electron chi connectivity index (χ2n) is 2.56. The zero-order chi connectivity index (χ0) is 8.39. The van der Waals surface area contributed by atoms with Crippen molar-refractivity contribution in [2.24, 2.45) is 10.9 Å². The summed E-state index contributed by atoms with van der Waals surface area (Å²) in [6, 6.07) is 7.77. The van der Waals surface area contributed by atoms with Crippen LogP contribution in [0, 0.1) is 0 Å². The first-order valence-electron chi connectivity index (χ1n) is 3.67. The van der Waals surface area contributed by atoms with E-state index in [1.165, 1.54) is 0 Å². The standard InChI is InChI=1S/C8H9N3O/c9-10-8-5-6-3-1-2-4-7(6)12-11-8/h1-4H,5,9H2,(H,10,11). The van der Waals surface area contributed by atoms with Crippen molar-refractivity contribution in [2.45, 2.75) is 6.42 Å². The molecule has 0 radical (unpaired) electrons. The number of nitrogens with zero attached hydrogens (tertiary/aromatic N) is 1. The molecule has 62 valence electrons. The van der Waals surface area contributed by atoms with Gasteiger partial charge in [-0.2, -0.15) is 5.10 Å². The van der Waals surface area contributed by atoms with Gasteiger partial charge in [0.15, 0.2) is 11.6 Å². The van der Waals surface area contributed by atoms with Crippen molar-refractivity contribution in [1.29, 1.82) is 0 Å². The number of benzene rings is 1. The quantitative estimate of drug-likeness (QED) is 0.430. The Balaban J connectivity index is 2.35. The molecule has 0 saturated heterocycles. The summed E-state index contributed by atoms with van der Waals surface area (Å²) in [5.74, 6) is 6.59. The van der Waals surface area contributed by atoms with E-state index in [0.717, 1.165) is 11.3 Å². The number of para-hydroxylation sites is 1. The Morgan fingerprint density at radius 2 is 2.25 bits per heavy atom. The Labute approximate surface area is 70.0 Å². The van der Waals surface area contributed by atoms with Gasteiger partial charge in [0, 0.05) is 12.0 Å². The van der Waals surface area contributed by atoms with Gasteiger partial charge < -0.3 is 10.7 Å². The number of amidine groups is 1. The number of hydroxylamine groups is 1. The van der Waals surface area contributed by atoms with E-state index in [1.54, 1.807) is 0 Å². The number of hydrazone groups is 1. The van der Waals surface area contributed by atoms with Gasteiger partial charge in [-0.25, -0.2) is 5.48 Å². The molecule has 2 rings (SSSR count). The van der Waals surface area contributed by atoms with Crippen molar-refractivity contribution >= 4 is 5.84 Å². The summed E-state index contributed by atoms with van der Waals surface area (Å²) in [5, 5.41) is 3.53. The lowest BCUT2D eigenvalue weighted by Gasteiger charge is -2.18. The van der Waals surface area contributed by atoms with Crippen LogP contribution in [0.15, 0.2) is 29.4 Å². The smallest absolute Gasteiger partial charge is 0.160 e. The van der Waals surface area contributed by atoms with Crippen molar-refractivity contribution in [3.63, 3.8) is 0 Å². The summed E-state index contributed by atoms with van der Waals surface area (Å²) < 4.78 is 0. The maximum absolute atomic E-state index is 5.17. The molecule has 0 aliphatic carbocycles. The Morgan fingerprint density at radius 3 is 3.08 bits per heavy atom. The SMILES string of the molecule is NN=C1Cc2ccccc2ON1. The summed E-state index contributed by atoms with van der Waals surface area (Å²) in [5.41, 5.74) is 3.75. The lowest BCUT2D eigenvalue weighted by atomic mass is 10.1. The van der Waals surface area contributed by atoms with Crippen molar-refractivity contribution < 1.29 is 4.84 Å². The van der Waals surface area contributed by atoms with Gasteiger partial charge in [-0.1, -0.05) is 18.2 Å². The number of hydrogen-bond acceptors (Lipinski definition) is 3. The van der Waals surface area contributed by atoms with E-state index in [4.69, 9.17) is 10.7 Å². The van der Waals surface area contributed by atoms with Crippen molar-refractivity contribution in [1.82, 2.24) is 5.48 Å². The molecule has 4 nitrogen and oxygen atoms in total. The van der Waals surface area contributed by atoms with Crippen LogP contribution in [0.1, 0.15) is 5.56 Å². The molecule has 0 spiro atoms. The normalized spacial score (nSPS) is 17.8. The molecule has 0 fully saturated rings. The molecule has 4 heteroatoms. The summed E-state index contributed by atoms with van der Waals surface area (Å²) >= 11 is 0. The molecule has 1 aliphatic rings. The molecular formula is C8H9N3O. The van der Waals surface area contributed by atoms with E-state index in [2.05, 4.69) is 10.6 Å². The zero-order valence-corrected chi connectivity index (χ0v) is 6.45. The number of fused-ring (bicyclic) bond motifs is 1. The van der Waals surface area contributed by atoms with Gasteiger partial charge in [-0.05, 0) is 6.07 Å². The summed E-state index contributed by atoms with van der Waals surface area (Å²) in [7, 11) is 0. The third-order valence-electron chi connectivity index (χ3n) is 1.77. The average molecular weight is 163 g/mol. The molecule has 0 bridgehead atoms. The number of nitrogens with one attached hydrogen (secondary N) is 1. The van der Waals surface area contributed by atoms with E-state index in [1.807, 2.05) is 24.3 Å². The largest absolute Gasteiger partial charge is 0.381 e. The number of hydrogen-bond donors (Lipinski definition) is 2. The molecule has 1 aromatic rings. The first-order valence-corrected chi connectivity index (χ1v) is 3.67. The molecule has 12 heavy (non-hydrogen) atoms. The van der Waals surface area contributed by atoms with Crippen LogP contribution in [0.2, 0.25) is 0 Å². The van der Waals surface area contributed by atoms with Gasteiger partial charge in [-0.3, -0.25) is 0 Å². The monoisotopic (exact) mass is 163 g/mol. The molecule has 0 amide bonds. The van der Waals surface area contributed by atoms with Crippen LogP contribution in [0.3, 0.4) is 0 Å². The molecule has 0 atom stereocenters. The van der Waals surface area contributed by atoms with Crippen molar-refractivity contribution in [2.75, 3.05) is 0 Å². The van der Waals surface area contributed by atoms with E-state index in [-0.39, 0.29) is 0 Å². The van der Waals surface area contributed by atoms with Crippen LogP contribution in [0.4, 0.5) is 0 Å². The van der Waals surface area contributed by atoms with Crippen molar-refractivity contribution in [3.05, 3.63) is 29.8 Å². The maximum Gasteiger partial charge on any atom is 0.160 e. The minimum atomic E-state index is 0.647. The Bertz CT molecular complexity index is 322. The third-order valence-corrected chi connectivity index (χ3v) is 1.77. The highest BCUT2D eigenvalue weighted by atomic mass is 16.6. The van der Waals surface area contributed by atoms with Crippen LogP contribution in [0.5, 0.6) is 5.75 Å². The molecule has 0 unspecified atom stereocenters. The second kappa shape index (κ2) is 2.73. The van der Waals surface area contributed by atoms with E-state index < -0.39 is 0 Å². The van der Waals surface area contributed by atoms with Crippen LogP contribution in [-0.4, -0.2) is 5.84 Å². The lowest BCUT2D eigenvalue weighted by molar-refractivity contribution is 0.248. The van der Waals surface area contributed by atoms with E-state index in [0.29, 0.717) is 12.3 Å². The molecule has 1 heterocycles. The van der Waals surface area contributed by atoms with Crippen LogP contribution in [-0.2, 0) is 6.42 Å². The molecule has 3 N–H and O–H groups in total. The molecule has 1 aliphatic heterocycles. The first-order chi connectivity index (χ1) is 5.90. The number of rotatable bonds is 0.